The monoisotopic (exact) mass is 262 g/mol. The molecule has 1 fully saturated rings. The van der Waals surface area contributed by atoms with E-state index in [1.165, 1.54) is 0 Å². The molecular formula is C15H22N2O2. The minimum atomic E-state index is -0.0506. The summed E-state index contributed by atoms with van der Waals surface area (Å²) in [7, 11) is 0. The Hall–Kier alpha value is -1.55. The first-order valence-electron chi connectivity index (χ1n) is 7.00. The molecule has 19 heavy (non-hydrogen) atoms. The molecule has 0 heterocycles. The number of carbonyl (C=O) groups is 1. The van der Waals surface area contributed by atoms with E-state index in [1.807, 2.05) is 19.1 Å². The van der Waals surface area contributed by atoms with Crippen molar-refractivity contribution in [1.29, 1.82) is 0 Å². The predicted octanol–water partition coefficient (Wildman–Crippen LogP) is 2.08. The van der Waals surface area contributed by atoms with Gasteiger partial charge < -0.3 is 15.8 Å². The minimum Gasteiger partial charge on any atom is -0.494 e. The van der Waals surface area contributed by atoms with E-state index in [4.69, 9.17) is 10.5 Å². The molecule has 0 bridgehead atoms. The van der Waals surface area contributed by atoms with Gasteiger partial charge in [0.15, 0.2) is 0 Å². The van der Waals surface area contributed by atoms with E-state index in [0.29, 0.717) is 12.2 Å². The second-order valence-electron chi connectivity index (χ2n) is 4.99. The number of hydrogen-bond donors (Lipinski definition) is 2. The van der Waals surface area contributed by atoms with Gasteiger partial charge in [-0.1, -0.05) is 12.8 Å². The van der Waals surface area contributed by atoms with Crippen molar-refractivity contribution in [2.24, 2.45) is 5.73 Å². The summed E-state index contributed by atoms with van der Waals surface area (Å²) in [6, 6.07) is 7.40. The Morgan fingerprint density at radius 3 is 2.63 bits per heavy atom. The number of rotatable bonds is 4. The molecule has 1 aliphatic carbocycles. The molecule has 3 N–H and O–H groups in total. The van der Waals surface area contributed by atoms with Crippen LogP contribution in [0.5, 0.6) is 5.75 Å². The standard InChI is InChI=1S/C15H22N2O2/c1-2-19-12-9-7-11(8-10-12)15(18)17-14-6-4-3-5-13(14)16/h7-10,13-14H,2-6,16H2,1H3,(H,17,18)/t13?,14-/m0/s1. The maximum absolute atomic E-state index is 12.1. The predicted molar refractivity (Wildman–Crippen MR) is 75.3 cm³/mol. The highest BCUT2D eigenvalue weighted by Crippen LogP contribution is 2.18. The fraction of sp³-hybridized carbons (Fsp3) is 0.533. The SMILES string of the molecule is CCOc1ccc(C(=O)N[C@H]2CCCCC2N)cc1. The zero-order chi connectivity index (χ0) is 13.7. The highest BCUT2D eigenvalue weighted by atomic mass is 16.5. The smallest absolute Gasteiger partial charge is 0.251 e. The summed E-state index contributed by atoms with van der Waals surface area (Å²) in [5.41, 5.74) is 6.69. The largest absolute Gasteiger partial charge is 0.494 e. The van der Waals surface area contributed by atoms with Crippen molar-refractivity contribution in [2.75, 3.05) is 6.61 Å². The highest BCUT2D eigenvalue weighted by Gasteiger charge is 2.23. The molecule has 1 amide bonds. The van der Waals surface area contributed by atoms with E-state index in [9.17, 15) is 4.79 Å². The van der Waals surface area contributed by atoms with Crippen molar-refractivity contribution >= 4 is 5.91 Å². The molecule has 0 spiro atoms. The normalized spacial score (nSPS) is 22.8. The summed E-state index contributed by atoms with van der Waals surface area (Å²) in [6.45, 7) is 2.56. The van der Waals surface area contributed by atoms with Gasteiger partial charge in [-0.3, -0.25) is 4.79 Å². The lowest BCUT2D eigenvalue weighted by Gasteiger charge is -2.29. The van der Waals surface area contributed by atoms with Crippen molar-refractivity contribution in [3.05, 3.63) is 29.8 Å². The molecule has 1 aromatic carbocycles. The van der Waals surface area contributed by atoms with Crippen molar-refractivity contribution in [3.63, 3.8) is 0 Å². The molecule has 0 saturated heterocycles. The van der Waals surface area contributed by atoms with Crippen molar-refractivity contribution in [1.82, 2.24) is 5.32 Å². The lowest BCUT2D eigenvalue weighted by Crippen LogP contribution is -2.49. The van der Waals surface area contributed by atoms with E-state index in [2.05, 4.69) is 5.32 Å². The molecule has 0 aromatic heterocycles. The Kier molecular flexibility index (Phi) is 4.80. The van der Waals surface area contributed by atoms with Crippen molar-refractivity contribution in [2.45, 2.75) is 44.7 Å². The second-order valence-corrected chi connectivity index (χ2v) is 4.99. The second kappa shape index (κ2) is 6.57. The fourth-order valence-electron chi connectivity index (χ4n) is 2.46. The molecule has 1 aliphatic rings. The first-order chi connectivity index (χ1) is 9.20. The molecule has 104 valence electrons. The van der Waals surface area contributed by atoms with Gasteiger partial charge in [0.1, 0.15) is 5.75 Å². The molecular weight excluding hydrogens is 240 g/mol. The summed E-state index contributed by atoms with van der Waals surface area (Å²) < 4.78 is 5.36. The maximum atomic E-state index is 12.1. The lowest BCUT2D eigenvalue weighted by molar-refractivity contribution is 0.0921. The number of nitrogens with one attached hydrogen (secondary N) is 1. The van der Waals surface area contributed by atoms with E-state index in [-0.39, 0.29) is 18.0 Å². The molecule has 0 aliphatic heterocycles. The molecule has 2 atom stereocenters. The van der Waals surface area contributed by atoms with Crippen LogP contribution in [0.3, 0.4) is 0 Å². The molecule has 1 aromatic rings. The average molecular weight is 262 g/mol. The topological polar surface area (TPSA) is 64.3 Å². The molecule has 4 heteroatoms. The number of amides is 1. The van der Waals surface area contributed by atoms with Gasteiger partial charge in [0.05, 0.1) is 6.61 Å². The van der Waals surface area contributed by atoms with E-state index < -0.39 is 0 Å². The third-order valence-electron chi connectivity index (χ3n) is 3.56. The third kappa shape index (κ3) is 3.70. The molecule has 2 rings (SSSR count). The van der Waals surface area contributed by atoms with Crippen LogP contribution in [0.2, 0.25) is 0 Å². The Balaban J connectivity index is 1.95. The molecule has 1 saturated carbocycles. The van der Waals surface area contributed by atoms with Crippen LogP contribution in [0.15, 0.2) is 24.3 Å². The van der Waals surface area contributed by atoms with E-state index in [1.54, 1.807) is 12.1 Å². The van der Waals surface area contributed by atoms with Gasteiger partial charge in [0, 0.05) is 17.6 Å². The van der Waals surface area contributed by atoms with Gasteiger partial charge in [0.25, 0.3) is 5.91 Å². The lowest BCUT2D eigenvalue weighted by atomic mass is 9.91. The summed E-state index contributed by atoms with van der Waals surface area (Å²) in [5, 5.41) is 3.03. The minimum absolute atomic E-state index is 0.0506. The van der Waals surface area contributed by atoms with Crippen LogP contribution in [0, 0.1) is 0 Å². The van der Waals surface area contributed by atoms with Gasteiger partial charge in [-0.25, -0.2) is 0 Å². The van der Waals surface area contributed by atoms with E-state index >= 15 is 0 Å². The van der Waals surface area contributed by atoms with Gasteiger partial charge in [-0.15, -0.1) is 0 Å². The van der Waals surface area contributed by atoms with Crippen LogP contribution in [0.25, 0.3) is 0 Å². The zero-order valence-corrected chi connectivity index (χ0v) is 11.4. The number of nitrogens with two attached hydrogens (primary N) is 1. The Bertz CT molecular complexity index is 417. The fourth-order valence-corrected chi connectivity index (χ4v) is 2.46. The summed E-state index contributed by atoms with van der Waals surface area (Å²) in [6.07, 6.45) is 4.27. The molecule has 1 unspecified atom stereocenters. The third-order valence-corrected chi connectivity index (χ3v) is 3.56. The molecule has 4 nitrogen and oxygen atoms in total. The van der Waals surface area contributed by atoms with Crippen LogP contribution in [-0.4, -0.2) is 24.6 Å². The van der Waals surface area contributed by atoms with Gasteiger partial charge >= 0.3 is 0 Å². The van der Waals surface area contributed by atoms with Gasteiger partial charge in [-0.05, 0) is 44.0 Å². The van der Waals surface area contributed by atoms with Crippen LogP contribution in [-0.2, 0) is 0 Å². The number of benzene rings is 1. The maximum Gasteiger partial charge on any atom is 0.251 e. The Morgan fingerprint density at radius 1 is 1.32 bits per heavy atom. The first-order valence-corrected chi connectivity index (χ1v) is 7.00. The number of ether oxygens (including phenoxy) is 1. The highest BCUT2D eigenvalue weighted by molar-refractivity contribution is 5.94. The summed E-state index contributed by atoms with van der Waals surface area (Å²) in [4.78, 5) is 12.1. The number of carbonyl (C=O) groups excluding carboxylic acids is 1. The van der Waals surface area contributed by atoms with Crippen LogP contribution >= 0.6 is 0 Å². The van der Waals surface area contributed by atoms with Crippen LogP contribution < -0.4 is 15.8 Å². The molecule has 0 radical (unpaired) electrons. The Labute approximate surface area is 114 Å². The van der Waals surface area contributed by atoms with Crippen LogP contribution in [0.1, 0.15) is 43.0 Å². The quantitative estimate of drug-likeness (QED) is 0.873. The van der Waals surface area contributed by atoms with Crippen molar-refractivity contribution < 1.29 is 9.53 Å². The van der Waals surface area contributed by atoms with Crippen molar-refractivity contribution in [3.8, 4) is 5.75 Å². The van der Waals surface area contributed by atoms with E-state index in [0.717, 1.165) is 31.4 Å². The van der Waals surface area contributed by atoms with Gasteiger partial charge in [-0.2, -0.15) is 0 Å². The number of hydrogen-bond acceptors (Lipinski definition) is 3. The zero-order valence-electron chi connectivity index (χ0n) is 11.4. The van der Waals surface area contributed by atoms with Gasteiger partial charge in [0.2, 0.25) is 0 Å². The summed E-state index contributed by atoms with van der Waals surface area (Å²) in [5.74, 6) is 0.735. The first kappa shape index (κ1) is 13.9. The average Bonchev–Trinajstić information content (AvgIpc) is 2.42. The van der Waals surface area contributed by atoms with Crippen LogP contribution in [0.4, 0.5) is 0 Å². The summed E-state index contributed by atoms with van der Waals surface area (Å²) >= 11 is 0. The Morgan fingerprint density at radius 2 is 2.00 bits per heavy atom.